The van der Waals surface area contributed by atoms with Crippen LogP contribution >= 0.6 is 0 Å². The van der Waals surface area contributed by atoms with E-state index in [4.69, 9.17) is 4.74 Å². The first-order valence-electron chi connectivity index (χ1n) is 7.94. The standard InChI is InChI=1S/C17H27NO4S/c1-17(2,3)8-9-23(20,21)18-12-14(19)11-16(18)13-6-5-7-15(10-13)22-4/h5-7,10,14,16,19H,8-9,11-12H2,1-4H3. The lowest BCUT2D eigenvalue weighted by Gasteiger charge is -2.26. The lowest BCUT2D eigenvalue weighted by Crippen LogP contribution is -2.34. The van der Waals surface area contributed by atoms with E-state index in [1.807, 2.05) is 45.0 Å². The fraction of sp³-hybridized carbons (Fsp3) is 0.647. The summed E-state index contributed by atoms with van der Waals surface area (Å²) in [6.45, 7) is 6.25. The van der Waals surface area contributed by atoms with Crippen LogP contribution in [0.2, 0.25) is 0 Å². The maximum absolute atomic E-state index is 12.7. The van der Waals surface area contributed by atoms with E-state index in [1.54, 1.807) is 7.11 Å². The molecule has 0 spiro atoms. The first kappa shape index (κ1) is 18.2. The minimum Gasteiger partial charge on any atom is -0.497 e. The van der Waals surface area contributed by atoms with Gasteiger partial charge in [-0.2, -0.15) is 4.31 Å². The summed E-state index contributed by atoms with van der Waals surface area (Å²) < 4.78 is 32.2. The van der Waals surface area contributed by atoms with E-state index in [9.17, 15) is 13.5 Å². The predicted octanol–water partition coefficient (Wildman–Crippen LogP) is 2.57. The Morgan fingerprint density at radius 2 is 2.04 bits per heavy atom. The molecule has 1 aromatic carbocycles. The second kappa shape index (κ2) is 6.79. The molecular formula is C17H27NO4S. The summed E-state index contributed by atoms with van der Waals surface area (Å²) in [6, 6.07) is 7.07. The summed E-state index contributed by atoms with van der Waals surface area (Å²) in [5, 5.41) is 10.0. The SMILES string of the molecule is COc1cccc(C2CC(O)CN2S(=O)(=O)CCC(C)(C)C)c1. The maximum atomic E-state index is 12.7. The van der Waals surface area contributed by atoms with Crippen LogP contribution in [0.15, 0.2) is 24.3 Å². The predicted molar refractivity (Wildman–Crippen MR) is 90.9 cm³/mol. The van der Waals surface area contributed by atoms with Crippen molar-refractivity contribution >= 4 is 10.0 Å². The van der Waals surface area contributed by atoms with Crippen molar-refractivity contribution in [1.29, 1.82) is 0 Å². The van der Waals surface area contributed by atoms with Gasteiger partial charge in [0.1, 0.15) is 5.75 Å². The van der Waals surface area contributed by atoms with Gasteiger partial charge in [-0.15, -0.1) is 0 Å². The number of aliphatic hydroxyl groups excluding tert-OH is 1. The number of ether oxygens (including phenoxy) is 1. The summed E-state index contributed by atoms with van der Waals surface area (Å²) in [5.41, 5.74) is 0.817. The monoisotopic (exact) mass is 341 g/mol. The largest absolute Gasteiger partial charge is 0.497 e. The van der Waals surface area contributed by atoms with Crippen LogP contribution in [0, 0.1) is 5.41 Å². The van der Waals surface area contributed by atoms with Gasteiger partial charge in [0.25, 0.3) is 0 Å². The molecule has 0 amide bonds. The van der Waals surface area contributed by atoms with Gasteiger partial charge in [0.05, 0.1) is 25.0 Å². The Bertz CT molecular complexity index is 636. The van der Waals surface area contributed by atoms with E-state index in [2.05, 4.69) is 0 Å². The fourth-order valence-corrected chi connectivity index (χ4v) is 4.90. The van der Waals surface area contributed by atoms with Gasteiger partial charge in [-0.25, -0.2) is 8.42 Å². The van der Waals surface area contributed by atoms with Crippen molar-refractivity contribution in [3.63, 3.8) is 0 Å². The van der Waals surface area contributed by atoms with Crippen LogP contribution in [-0.4, -0.2) is 43.3 Å². The zero-order chi connectivity index (χ0) is 17.3. The number of aliphatic hydroxyl groups is 1. The highest BCUT2D eigenvalue weighted by Crippen LogP contribution is 2.36. The molecule has 130 valence electrons. The molecule has 0 aliphatic carbocycles. The van der Waals surface area contributed by atoms with Crippen molar-refractivity contribution < 1.29 is 18.3 Å². The second-order valence-corrected chi connectivity index (χ2v) is 9.42. The lowest BCUT2D eigenvalue weighted by atomic mass is 9.94. The zero-order valence-electron chi connectivity index (χ0n) is 14.3. The molecule has 0 bridgehead atoms. The van der Waals surface area contributed by atoms with Gasteiger partial charge in [0, 0.05) is 6.54 Å². The van der Waals surface area contributed by atoms with Crippen LogP contribution in [0.3, 0.4) is 0 Å². The normalized spacial score (nSPS) is 23.2. The molecule has 1 N–H and O–H groups in total. The fourth-order valence-electron chi connectivity index (χ4n) is 2.80. The van der Waals surface area contributed by atoms with E-state index in [0.29, 0.717) is 18.6 Å². The van der Waals surface area contributed by atoms with Gasteiger partial charge >= 0.3 is 0 Å². The first-order valence-corrected chi connectivity index (χ1v) is 9.55. The molecule has 1 fully saturated rings. The average molecular weight is 341 g/mol. The maximum Gasteiger partial charge on any atom is 0.214 e. The van der Waals surface area contributed by atoms with Gasteiger partial charge in [0.15, 0.2) is 0 Å². The lowest BCUT2D eigenvalue weighted by molar-refractivity contribution is 0.188. The van der Waals surface area contributed by atoms with Gasteiger partial charge in [-0.3, -0.25) is 0 Å². The number of hydrogen-bond donors (Lipinski definition) is 1. The number of rotatable bonds is 5. The Morgan fingerprint density at radius 1 is 1.35 bits per heavy atom. The molecule has 1 heterocycles. The third kappa shape index (κ3) is 4.68. The molecular weight excluding hydrogens is 314 g/mol. The molecule has 1 saturated heterocycles. The highest BCUT2D eigenvalue weighted by atomic mass is 32.2. The topological polar surface area (TPSA) is 66.8 Å². The summed E-state index contributed by atoms with van der Waals surface area (Å²) >= 11 is 0. The van der Waals surface area contributed by atoms with Crippen LogP contribution in [0.25, 0.3) is 0 Å². The van der Waals surface area contributed by atoms with Gasteiger partial charge in [-0.05, 0) is 36.0 Å². The Labute approximate surface area is 139 Å². The first-order chi connectivity index (χ1) is 10.6. The van der Waals surface area contributed by atoms with E-state index in [1.165, 1.54) is 4.31 Å². The van der Waals surface area contributed by atoms with E-state index < -0.39 is 16.1 Å². The minimum absolute atomic E-state index is 0.0448. The highest BCUT2D eigenvalue weighted by Gasteiger charge is 2.39. The van der Waals surface area contributed by atoms with E-state index in [0.717, 1.165) is 5.56 Å². The number of sulfonamides is 1. The highest BCUT2D eigenvalue weighted by molar-refractivity contribution is 7.89. The van der Waals surface area contributed by atoms with Gasteiger partial charge in [-0.1, -0.05) is 32.9 Å². The van der Waals surface area contributed by atoms with Crippen molar-refractivity contribution in [2.24, 2.45) is 5.41 Å². The van der Waals surface area contributed by atoms with Crippen molar-refractivity contribution in [3.8, 4) is 5.75 Å². The molecule has 2 rings (SSSR count). The smallest absolute Gasteiger partial charge is 0.214 e. The van der Waals surface area contributed by atoms with Crippen molar-refractivity contribution in [2.45, 2.75) is 45.8 Å². The molecule has 2 atom stereocenters. The van der Waals surface area contributed by atoms with Crippen molar-refractivity contribution in [3.05, 3.63) is 29.8 Å². The van der Waals surface area contributed by atoms with Crippen LogP contribution in [0.1, 0.15) is 45.2 Å². The third-order valence-electron chi connectivity index (χ3n) is 4.18. The molecule has 0 radical (unpaired) electrons. The molecule has 0 aromatic heterocycles. The number of benzene rings is 1. The molecule has 2 unspecified atom stereocenters. The Balaban J connectivity index is 2.25. The molecule has 5 nitrogen and oxygen atoms in total. The second-order valence-electron chi connectivity index (χ2n) is 7.38. The summed E-state index contributed by atoms with van der Waals surface area (Å²) in [7, 11) is -1.83. The molecule has 23 heavy (non-hydrogen) atoms. The number of β-amino-alcohol motifs (C(OH)–C–C–N with tert-alkyl or cyclic N) is 1. The molecule has 1 aliphatic rings. The zero-order valence-corrected chi connectivity index (χ0v) is 15.1. The van der Waals surface area contributed by atoms with Gasteiger partial charge < -0.3 is 9.84 Å². The van der Waals surface area contributed by atoms with Crippen molar-refractivity contribution in [1.82, 2.24) is 4.31 Å². The van der Waals surface area contributed by atoms with Crippen LogP contribution < -0.4 is 4.74 Å². The van der Waals surface area contributed by atoms with Crippen molar-refractivity contribution in [2.75, 3.05) is 19.4 Å². The molecule has 0 saturated carbocycles. The molecule has 1 aromatic rings. The van der Waals surface area contributed by atoms with E-state index in [-0.39, 0.29) is 23.8 Å². The molecule has 1 aliphatic heterocycles. The number of hydrogen-bond acceptors (Lipinski definition) is 4. The average Bonchev–Trinajstić information content (AvgIpc) is 2.88. The third-order valence-corrected chi connectivity index (χ3v) is 6.02. The van der Waals surface area contributed by atoms with Crippen LogP contribution in [-0.2, 0) is 10.0 Å². The Morgan fingerprint density at radius 3 is 2.65 bits per heavy atom. The summed E-state index contributed by atoms with van der Waals surface area (Å²) in [6.07, 6.45) is 0.380. The van der Waals surface area contributed by atoms with Gasteiger partial charge in [0.2, 0.25) is 10.0 Å². The van der Waals surface area contributed by atoms with E-state index >= 15 is 0 Å². The summed E-state index contributed by atoms with van der Waals surface area (Å²) in [4.78, 5) is 0. The summed E-state index contributed by atoms with van der Waals surface area (Å²) in [5.74, 6) is 0.792. The quantitative estimate of drug-likeness (QED) is 0.894. The van der Waals surface area contributed by atoms with Crippen LogP contribution in [0.5, 0.6) is 5.75 Å². The molecule has 6 heteroatoms. The minimum atomic E-state index is -3.41. The Hall–Kier alpha value is -1.11. The number of nitrogens with zero attached hydrogens (tertiary/aromatic N) is 1. The number of methoxy groups -OCH3 is 1. The van der Waals surface area contributed by atoms with Crippen LogP contribution in [0.4, 0.5) is 0 Å². The Kier molecular flexibility index (Phi) is 5.38.